The first-order valence-electron chi connectivity index (χ1n) is 11.0. The first kappa shape index (κ1) is 25.7. The number of carbonyl (C=O) groups is 2. The zero-order chi connectivity index (χ0) is 25.8. The smallest absolute Gasteiger partial charge is 0.410 e. The van der Waals surface area contributed by atoms with Gasteiger partial charge in [0, 0.05) is 11.1 Å². The standard InChI is InChI=1S/C26H29FN2O6/c1-16-22(28-24(35-16)17-6-8-19(9-7-17)26(2,3)4)15-34-20-10-11-21(27)18(12-20)13-29(14-23(30)31)25(32)33-5/h6-12H,13-15H2,1-5H3,(H,30,31). The molecule has 0 aliphatic rings. The van der Waals surface area contributed by atoms with E-state index in [2.05, 4.69) is 30.5 Å². The number of carboxylic acids is 1. The zero-order valence-electron chi connectivity index (χ0n) is 20.4. The van der Waals surface area contributed by atoms with E-state index in [4.69, 9.17) is 14.3 Å². The van der Waals surface area contributed by atoms with Crippen molar-refractivity contribution >= 4 is 12.1 Å². The third-order valence-corrected chi connectivity index (χ3v) is 5.40. The van der Waals surface area contributed by atoms with Gasteiger partial charge in [-0.25, -0.2) is 14.2 Å². The number of aromatic nitrogens is 1. The third kappa shape index (κ3) is 6.59. The highest BCUT2D eigenvalue weighted by Crippen LogP contribution is 2.27. The van der Waals surface area contributed by atoms with Crippen molar-refractivity contribution in [2.24, 2.45) is 0 Å². The number of hydrogen-bond acceptors (Lipinski definition) is 6. The van der Waals surface area contributed by atoms with Crippen LogP contribution < -0.4 is 4.74 Å². The van der Waals surface area contributed by atoms with Crippen molar-refractivity contribution in [1.82, 2.24) is 9.88 Å². The summed E-state index contributed by atoms with van der Waals surface area (Å²) in [7, 11) is 1.13. The molecule has 8 nitrogen and oxygen atoms in total. The SMILES string of the molecule is COC(=O)N(CC(=O)O)Cc1cc(OCc2nc(-c3ccc(C(C)(C)C)cc3)oc2C)ccc1F. The number of hydrogen-bond donors (Lipinski definition) is 1. The molecule has 186 valence electrons. The van der Waals surface area contributed by atoms with Crippen molar-refractivity contribution in [3.05, 3.63) is 70.9 Å². The fourth-order valence-corrected chi connectivity index (χ4v) is 3.39. The normalized spacial score (nSPS) is 11.3. The van der Waals surface area contributed by atoms with Gasteiger partial charge in [0.2, 0.25) is 5.89 Å². The summed E-state index contributed by atoms with van der Waals surface area (Å²) in [6.45, 7) is 7.38. The Morgan fingerprint density at radius 3 is 2.43 bits per heavy atom. The summed E-state index contributed by atoms with van der Waals surface area (Å²) >= 11 is 0. The van der Waals surface area contributed by atoms with Crippen LogP contribution in [-0.4, -0.2) is 40.7 Å². The summed E-state index contributed by atoms with van der Waals surface area (Å²) in [5, 5.41) is 9.02. The summed E-state index contributed by atoms with van der Waals surface area (Å²) in [5.41, 5.74) is 2.77. The molecule has 0 atom stereocenters. The predicted molar refractivity (Wildman–Crippen MR) is 127 cm³/mol. The predicted octanol–water partition coefficient (Wildman–Crippen LogP) is 5.32. The number of ether oxygens (including phenoxy) is 2. The Hall–Kier alpha value is -3.88. The molecule has 0 saturated heterocycles. The number of oxazole rings is 1. The highest BCUT2D eigenvalue weighted by Gasteiger charge is 2.20. The van der Waals surface area contributed by atoms with Crippen LogP contribution in [0.1, 0.15) is 43.4 Å². The van der Waals surface area contributed by atoms with Gasteiger partial charge in [-0.1, -0.05) is 32.9 Å². The maximum atomic E-state index is 14.3. The molecule has 9 heteroatoms. The molecular formula is C26H29FN2O6. The van der Waals surface area contributed by atoms with Crippen LogP contribution in [0.3, 0.4) is 0 Å². The van der Waals surface area contributed by atoms with Crippen LogP contribution in [-0.2, 0) is 28.1 Å². The van der Waals surface area contributed by atoms with E-state index in [-0.39, 0.29) is 24.1 Å². The zero-order valence-corrected chi connectivity index (χ0v) is 20.4. The van der Waals surface area contributed by atoms with Gasteiger partial charge in [0.1, 0.15) is 36.2 Å². The minimum absolute atomic E-state index is 0.0412. The highest BCUT2D eigenvalue weighted by atomic mass is 19.1. The van der Waals surface area contributed by atoms with Crippen molar-refractivity contribution in [3.63, 3.8) is 0 Å². The van der Waals surface area contributed by atoms with E-state index in [1.165, 1.54) is 23.8 Å². The van der Waals surface area contributed by atoms with Crippen LogP contribution in [0.2, 0.25) is 0 Å². The quantitative estimate of drug-likeness (QED) is 0.462. The largest absolute Gasteiger partial charge is 0.487 e. The Morgan fingerprint density at radius 2 is 1.83 bits per heavy atom. The Balaban J connectivity index is 1.73. The second-order valence-corrected chi connectivity index (χ2v) is 9.11. The van der Waals surface area contributed by atoms with Crippen LogP contribution in [0.5, 0.6) is 5.75 Å². The first-order chi connectivity index (χ1) is 16.5. The van der Waals surface area contributed by atoms with Gasteiger partial charge < -0.3 is 19.0 Å². The Labute approximate surface area is 203 Å². The maximum absolute atomic E-state index is 14.3. The lowest BCUT2D eigenvalue weighted by Gasteiger charge is -2.19. The van der Waals surface area contributed by atoms with Crippen molar-refractivity contribution in [2.45, 2.75) is 46.3 Å². The molecule has 1 heterocycles. The number of halogens is 1. The van der Waals surface area contributed by atoms with E-state index in [0.29, 0.717) is 23.1 Å². The lowest BCUT2D eigenvalue weighted by molar-refractivity contribution is -0.138. The fourth-order valence-electron chi connectivity index (χ4n) is 3.39. The molecule has 1 amide bonds. The number of carboxylic acid groups (broad SMARTS) is 1. The van der Waals surface area contributed by atoms with Gasteiger partial charge in [0.25, 0.3) is 0 Å². The van der Waals surface area contributed by atoms with E-state index in [0.717, 1.165) is 17.6 Å². The molecule has 0 fully saturated rings. The van der Waals surface area contributed by atoms with Crippen molar-refractivity contribution in [2.75, 3.05) is 13.7 Å². The molecule has 0 aliphatic heterocycles. The van der Waals surface area contributed by atoms with Gasteiger partial charge in [0.05, 0.1) is 13.7 Å². The number of aliphatic carboxylic acids is 1. The Kier molecular flexibility index (Phi) is 7.78. The van der Waals surface area contributed by atoms with Gasteiger partial charge >= 0.3 is 12.1 Å². The molecule has 0 spiro atoms. The van der Waals surface area contributed by atoms with Gasteiger partial charge in [-0.15, -0.1) is 0 Å². The molecule has 3 rings (SSSR count). The number of nitrogens with zero attached hydrogens (tertiary/aromatic N) is 2. The molecule has 0 radical (unpaired) electrons. The van der Waals surface area contributed by atoms with Crippen molar-refractivity contribution < 1.29 is 33.0 Å². The van der Waals surface area contributed by atoms with Crippen LogP contribution in [0.4, 0.5) is 9.18 Å². The number of carbonyl (C=O) groups excluding carboxylic acids is 1. The first-order valence-corrected chi connectivity index (χ1v) is 11.0. The summed E-state index contributed by atoms with van der Waals surface area (Å²) in [6.07, 6.45) is -0.876. The number of amides is 1. The second kappa shape index (κ2) is 10.6. The minimum Gasteiger partial charge on any atom is -0.487 e. The maximum Gasteiger partial charge on any atom is 0.410 e. The lowest BCUT2D eigenvalue weighted by atomic mass is 9.87. The van der Waals surface area contributed by atoms with E-state index in [9.17, 15) is 14.0 Å². The third-order valence-electron chi connectivity index (χ3n) is 5.40. The molecule has 0 saturated carbocycles. The van der Waals surface area contributed by atoms with Gasteiger partial charge in [-0.05, 0) is 48.2 Å². The molecule has 0 aliphatic carbocycles. The van der Waals surface area contributed by atoms with Gasteiger partial charge in [-0.3, -0.25) is 9.69 Å². The highest BCUT2D eigenvalue weighted by molar-refractivity contribution is 5.76. The lowest BCUT2D eigenvalue weighted by Crippen LogP contribution is -2.35. The minimum atomic E-state index is -1.24. The number of aryl methyl sites for hydroxylation is 1. The molecule has 1 N–H and O–H groups in total. The summed E-state index contributed by atoms with van der Waals surface area (Å²) in [4.78, 5) is 28.3. The van der Waals surface area contributed by atoms with Crippen LogP contribution in [0.25, 0.3) is 11.5 Å². The van der Waals surface area contributed by atoms with Crippen LogP contribution in [0.15, 0.2) is 46.9 Å². The molecule has 0 bridgehead atoms. The van der Waals surface area contributed by atoms with Crippen LogP contribution in [0, 0.1) is 12.7 Å². The fraction of sp³-hybridized carbons (Fsp3) is 0.346. The molecule has 0 unspecified atom stereocenters. The monoisotopic (exact) mass is 484 g/mol. The van der Waals surface area contributed by atoms with Gasteiger partial charge in [-0.2, -0.15) is 0 Å². The Bertz CT molecular complexity index is 1200. The molecule has 2 aromatic carbocycles. The van der Waals surface area contributed by atoms with E-state index in [1.807, 2.05) is 24.3 Å². The van der Waals surface area contributed by atoms with E-state index in [1.54, 1.807) is 6.92 Å². The molecular weight excluding hydrogens is 455 g/mol. The summed E-state index contributed by atoms with van der Waals surface area (Å²) < 4.78 is 30.5. The molecule has 3 aromatic rings. The van der Waals surface area contributed by atoms with E-state index >= 15 is 0 Å². The second-order valence-electron chi connectivity index (χ2n) is 9.11. The number of methoxy groups -OCH3 is 1. The Morgan fingerprint density at radius 1 is 1.14 bits per heavy atom. The van der Waals surface area contributed by atoms with Crippen molar-refractivity contribution in [1.29, 1.82) is 0 Å². The van der Waals surface area contributed by atoms with Crippen LogP contribution >= 0.6 is 0 Å². The molecule has 1 aromatic heterocycles. The van der Waals surface area contributed by atoms with E-state index < -0.39 is 24.4 Å². The summed E-state index contributed by atoms with van der Waals surface area (Å²) in [6, 6.07) is 12.1. The topological polar surface area (TPSA) is 102 Å². The number of rotatable bonds is 8. The van der Waals surface area contributed by atoms with Crippen molar-refractivity contribution in [3.8, 4) is 17.2 Å². The van der Waals surface area contributed by atoms with Gasteiger partial charge in [0.15, 0.2) is 0 Å². The molecule has 35 heavy (non-hydrogen) atoms. The number of benzene rings is 2. The average molecular weight is 485 g/mol. The summed E-state index contributed by atoms with van der Waals surface area (Å²) in [5.74, 6) is -0.437. The average Bonchev–Trinajstić information content (AvgIpc) is 3.18.